The SMILES string of the molecule is CN1CCN(c2ccccc2CN(C)C(=O)CCCN(C)c2ccc(F)cc2)CC1. The molecular weight excluding hydrogens is 379 g/mol. The van der Waals surface area contributed by atoms with Crippen LogP contribution in [0.2, 0.25) is 0 Å². The maximum Gasteiger partial charge on any atom is 0.222 e. The van der Waals surface area contributed by atoms with Crippen LogP contribution in [0.15, 0.2) is 48.5 Å². The van der Waals surface area contributed by atoms with E-state index >= 15 is 0 Å². The molecular formula is C24H33FN4O. The highest BCUT2D eigenvalue weighted by Crippen LogP contribution is 2.23. The van der Waals surface area contributed by atoms with Crippen LogP contribution in [0.3, 0.4) is 0 Å². The third-order valence-electron chi connectivity index (χ3n) is 5.82. The Labute approximate surface area is 179 Å². The van der Waals surface area contributed by atoms with Crippen LogP contribution in [0, 0.1) is 5.82 Å². The van der Waals surface area contributed by atoms with Crippen molar-refractivity contribution in [1.82, 2.24) is 9.80 Å². The molecule has 1 fully saturated rings. The molecule has 0 radical (unpaired) electrons. The molecule has 30 heavy (non-hydrogen) atoms. The van der Waals surface area contributed by atoms with Crippen LogP contribution in [-0.4, -0.2) is 69.6 Å². The van der Waals surface area contributed by atoms with Gasteiger partial charge in [-0.3, -0.25) is 4.79 Å². The minimum atomic E-state index is -0.235. The monoisotopic (exact) mass is 412 g/mol. The van der Waals surface area contributed by atoms with Crippen molar-refractivity contribution in [3.8, 4) is 0 Å². The van der Waals surface area contributed by atoms with Gasteiger partial charge in [0.2, 0.25) is 5.91 Å². The molecule has 1 saturated heterocycles. The zero-order chi connectivity index (χ0) is 21.5. The summed E-state index contributed by atoms with van der Waals surface area (Å²) in [6.07, 6.45) is 1.26. The molecule has 0 atom stereocenters. The predicted octanol–water partition coefficient (Wildman–Crippen LogP) is 3.45. The summed E-state index contributed by atoms with van der Waals surface area (Å²) in [5.74, 6) is -0.0866. The maximum absolute atomic E-state index is 13.1. The molecule has 2 aromatic rings. The molecule has 0 unspecified atom stereocenters. The number of hydrogen-bond donors (Lipinski definition) is 0. The van der Waals surface area contributed by atoms with Gasteiger partial charge in [-0.1, -0.05) is 18.2 Å². The molecule has 162 valence electrons. The summed E-state index contributed by atoms with van der Waals surface area (Å²) >= 11 is 0. The van der Waals surface area contributed by atoms with E-state index in [1.165, 1.54) is 23.4 Å². The van der Waals surface area contributed by atoms with Gasteiger partial charge in [0, 0.05) is 71.2 Å². The van der Waals surface area contributed by atoms with Crippen molar-refractivity contribution in [2.75, 3.05) is 63.7 Å². The summed E-state index contributed by atoms with van der Waals surface area (Å²) in [6, 6.07) is 14.9. The molecule has 0 N–H and O–H groups in total. The first-order valence-electron chi connectivity index (χ1n) is 10.7. The highest BCUT2D eigenvalue weighted by Gasteiger charge is 2.18. The number of likely N-dealkylation sites (N-methyl/N-ethyl adjacent to an activating group) is 1. The van der Waals surface area contributed by atoms with Crippen molar-refractivity contribution in [2.45, 2.75) is 19.4 Å². The first-order valence-corrected chi connectivity index (χ1v) is 10.7. The Morgan fingerprint density at radius 1 is 1.00 bits per heavy atom. The fraction of sp³-hybridized carbons (Fsp3) is 0.458. The number of carbonyl (C=O) groups is 1. The Balaban J connectivity index is 1.50. The minimum Gasteiger partial charge on any atom is -0.375 e. The van der Waals surface area contributed by atoms with Gasteiger partial charge in [0.05, 0.1) is 0 Å². The van der Waals surface area contributed by atoms with E-state index in [0.717, 1.165) is 44.8 Å². The number of benzene rings is 2. The molecule has 0 aromatic heterocycles. The van der Waals surface area contributed by atoms with Crippen LogP contribution >= 0.6 is 0 Å². The lowest BCUT2D eigenvalue weighted by Crippen LogP contribution is -2.45. The number of amides is 1. The lowest BCUT2D eigenvalue weighted by atomic mass is 10.1. The summed E-state index contributed by atoms with van der Waals surface area (Å²) in [5, 5.41) is 0. The van der Waals surface area contributed by atoms with Gasteiger partial charge in [-0.15, -0.1) is 0 Å². The van der Waals surface area contributed by atoms with Gasteiger partial charge in [0.25, 0.3) is 0 Å². The van der Waals surface area contributed by atoms with E-state index in [2.05, 4.69) is 39.9 Å². The fourth-order valence-corrected chi connectivity index (χ4v) is 3.83. The van der Waals surface area contributed by atoms with Crippen molar-refractivity contribution >= 4 is 17.3 Å². The Bertz CT molecular complexity index is 818. The molecule has 0 spiro atoms. The van der Waals surface area contributed by atoms with E-state index in [9.17, 15) is 9.18 Å². The maximum atomic E-state index is 13.1. The highest BCUT2D eigenvalue weighted by molar-refractivity contribution is 5.76. The number of halogens is 1. The first kappa shape index (κ1) is 22.1. The molecule has 1 aliphatic heterocycles. The number of nitrogens with zero attached hydrogens (tertiary/aromatic N) is 4. The fourth-order valence-electron chi connectivity index (χ4n) is 3.83. The predicted molar refractivity (Wildman–Crippen MR) is 122 cm³/mol. The van der Waals surface area contributed by atoms with Gasteiger partial charge in [0.1, 0.15) is 5.82 Å². The number of piperazine rings is 1. The number of carbonyl (C=O) groups excluding carboxylic acids is 1. The second-order valence-corrected chi connectivity index (χ2v) is 8.17. The largest absolute Gasteiger partial charge is 0.375 e. The van der Waals surface area contributed by atoms with Crippen LogP contribution in [0.4, 0.5) is 15.8 Å². The van der Waals surface area contributed by atoms with Crippen LogP contribution in [0.5, 0.6) is 0 Å². The van der Waals surface area contributed by atoms with Crippen molar-refractivity contribution < 1.29 is 9.18 Å². The van der Waals surface area contributed by atoms with Gasteiger partial charge >= 0.3 is 0 Å². The van der Waals surface area contributed by atoms with Crippen molar-refractivity contribution in [3.63, 3.8) is 0 Å². The number of rotatable bonds is 8. The van der Waals surface area contributed by atoms with Gasteiger partial charge in [-0.25, -0.2) is 4.39 Å². The van der Waals surface area contributed by atoms with Crippen LogP contribution < -0.4 is 9.80 Å². The molecule has 5 nitrogen and oxygen atoms in total. The molecule has 0 bridgehead atoms. The average Bonchev–Trinajstić information content (AvgIpc) is 2.75. The molecule has 1 amide bonds. The molecule has 1 heterocycles. The van der Waals surface area contributed by atoms with E-state index in [-0.39, 0.29) is 11.7 Å². The summed E-state index contributed by atoms with van der Waals surface area (Å²) in [6.45, 7) is 5.52. The first-order chi connectivity index (χ1) is 14.4. The van der Waals surface area contributed by atoms with Crippen LogP contribution in [0.25, 0.3) is 0 Å². The molecule has 2 aromatic carbocycles. The highest BCUT2D eigenvalue weighted by atomic mass is 19.1. The Morgan fingerprint density at radius 2 is 1.67 bits per heavy atom. The van der Waals surface area contributed by atoms with E-state index in [1.807, 2.05) is 25.1 Å². The van der Waals surface area contributed by atoms with E-state index < -0.39 is 0 Å². The van der Waals surface area contributed by atoms with Crippen molar-refractivity contribution in [1.29, 1.82) is 0 Å². The van der Waals surface area contributed by atoms with Crippen molar-refractivity contribution in [2.24, 2.45) is 0 Å². The number of hydrogen-bond acceptors (Lipinski definition) is 4. The zero-order valence-corrected chi connectivity index (χ0v) is 18.4. The zero-order valence-electron chi connectivity index (χ0n) is 18.4. The smallest absolute Gasteiger partial charge is 0.222 e. The van der Waals surface area contributed by atoms with Crippen molar-refractivity contribution in [3.05, 3.63) is 59.9 Å². The lowest BCUT2D eigenvalue weighted by molar-refractivity contribution is -0.130. The van der Waals surface area contributed by atoms with Gasteiger partial charge in [0.15, 0.2) is 0 Å². The quantitative estimate of drug-likeness (QED) is 0.664. The standard InChI is InChI=1S/C24H33FN4O/c1-26-15-17-29(18-16-26)23-8-5-4-7-20(23)19-28(3)24(30)9-6-14-27(2)22-12-10-21(25)11-13-22/h4-5,7-8,10-13H,6,9,14-19H2,1-3H3. The molecule has 3 rings (SSSR count). The third kappa shape index (κ3) is 5.95. The van der Waals surface area contributed by atoms with Crippen LogP contribution in [-0.2, 0) is 11.3 Å². The summed E-state index contributed by atoms with van der Waals surface area (Å²) in [4.78, 5) is 21.3. The summed E-state index contributed by atoms with van der Waals surface area (Å²) in [5.41, 5.74) is 3.39. The molecule has 0 saturated carbocycles. The normalized spacial score (nSPS) is 14.6. The Kier molecular flexibility index (Phi) is 7.69. The second kappa shape index (κ2) is 10.4. The lowest BCUT2D eigenvalue weighted by Gasteiger charge is -2.35. The van der Waals surface area contributed by atoms with Gasteiger partial charge in [-0.05, 0) is 49.4 Å². The van der Waals surface area contributed by atoms with Gasteiger partial charge in [-0.2, -0.15) is 0 Å². The van der Waals surface area contributed by atoms with Gasteiger partial charge < -0.3 is 19.6 Å². The molecule has 1 aliphatic rings. The summed E-state index contributed by atoms with van der Waals surface area (Å²) in [7, 11) is 6.00. The average molecular weight is 413 g/mol. The second-order valence-electron chi connectivity index (χ2n) is 8.17. The Hall–Kier alpha value is -2.60. The summed E-state index contributed by atoms with van der Waals surface area (Å²) < 4.78 is 13.1. The molecule has 0 aliphatic carbocycles. The third-order valence-corrected chi connectivity index (χ3v) is 5.82. The van der Waals surface area contributed by atoms with E-state index in [0.29, 0.717) is 13.0 Å². The van der Waals surface area contributed by atoms with E-state index in [4.69, 9.17) is 0 Å². The molecule has 6 heteroatoms. The Morgan fingerprint density at radius 3 is 2.37 bits per heavy atom. The number of anilines is 2. The van der Waals surface area contributed by atoms with Crippen LogP contribution in [0.1, 0.15) is 18.4 Å². The van der Waals surface area contributed by atoms with E-state index in [1.54, 1.807) is 12.1 Å². The minimum absolute atomic E-state index is 0.149. The topological polar surface area (TPSA) is 30.0 Å². The number of para-hydroxylation sites is 1.